The lowest BCUT2D eigenvalue weighted by Gasteiger charge is -2.07. The lowest BCUT2D eigenvalue weighted by Crippen LogP contribution is -2.02. The van der Waals surface area contributed by atoms with Crippen LogP contribution in [-0.4, -0.2) is 23.1 Å². The van der Waals surface area contributed by atoms with Crippen LogP contribution in [0.4, 0.5) is 5.82 Å². The fourth-order valence-corrected chi connectivity index (χ4v) is 1.76. The van der Waals surface area contributed by atoms with E-state index in [1.807, 2.05) is 31.2 Å². The minimum Gasteiger partial charge on any atom is -0.494 e. The van der Waals surface area contributed by atoms with E-state index in [9.17, 15) is 0 Å². The Morgan fingerprint density at radius 2 is 2.11 bits per heavy atom. The van der Waals surface area contributed by atoms with Crippen LogP contribution in [0, 0.1) is 0 Å². The van der Waals surface area contributed by atoms with Gasteiger partial charge in [0, 0.05) is 12.1 Å². The highest BCUT2D eigenvalue weighted by Crippen LogP contribution is 2.22. The molecule has 0 saturated heterocycles. The van der Waals surface area contributed by atoms with Crippen LogP contribution in [0.3, 0.4) is 0 Å². The molecule has 2 aromatic rings. The molecule has 1 N–H and O–H groups in total. The summed E-state index contributed by atoms with van der Waals surface area (Å²) in [6.07, 6.45) is 4.57. The third-order valence-corrected chi connectivity index (χ3v) is 2.63. The molecule has 1 heterocycles. The predicted octanol–water partition coefficient (Wildman–Crippen LogP) is 3.36. The number of ether oxygens (including phenoxy) is 1. The fourth-order valence-electron chi connectivity index (χ4n) is 1.76. The minimum atomic E-state index is 0.660. The number of nitrogens with one attached hydrogen (secondary N) is 1. The Balaban J connectivity index is 2.23. The summed E-state index contributed by atoms with van der Waals surface area (Å²) in [4.78, 5) is 8.78. The number of aromatic nitrogens is 2. The molecule has 0 aliphatic heterocycles. The van der Waals surface area contributed by atoms with Crippen molar-refractivity contribution in [3.8, 4) is 17.0 Å². The Hall–Kier alpha value is -2.10. The molecule has 0 spiro atoms. The van der Waals surface area contributed by atoms with Gasteiger partial charge in [0.05, 0.1) is 24.7 Å². The van der Waals surface area contributed by atoms with Crippen LogP contribution in [0.5, 0.6) is 5.75 Å². The SMILES string of the molecule is CCCNc1cncc(-c2cccc(OCC)c2)n1. The van der Waals surface area contributed by atoms with Crippen LogP contribution in [0.2, 0.25) is 0 Å². The Labute approximate surface area is 113 Å². The average Bonchev–Trinajstić information content (AvgIpc) is 2.46. The molecule has 2 rings (SSSR count). The molecule has 0 aliphatic rings. The third kappa shape index (κ3) is 3.68. The third-order valence-electron chi connectivity index (χ3n) is 2.63. The summed E-state index contributed by atoms with van der Waals surface area (Å²) < 4.78 is 5.50. The van der Waals surface area contributed by atoms with E-state index in [0.717, 1.165) is 35.8 Å². The second kappa shape index (κ2) is 6.73. The van der Waals surface area contributed by atoms with E-state index in [1.54, 1.807) is 12.4 Å². The first-order valence-corrected chi connectivity index (χ1v) is 6.62. The highest BCUT2D eigenvalue weighted by atomic mass is 16.5. The Bertz CT molecular complexity index is 528. The molecule has 1 aromatic carbocycles. The molecule has 4 heteroatoms. The van der Waals surface area contributed by atoms with Gasteiger partial charge < -0.3 is 10.1 Å². The summed E-state index contributed by atoms with van der Waals surface area (Å²) in [6, 6.07) is 7.90. The number of hydrogen-bond donors (Lipinski definition) is 1. The van der Waals surface area contributed by atoms with Crippen LogP contribution in [0.25, 0.3) is 11.3 Å². The average molecular weight is 257 g/mol. The Morgan fingerprint density at radius 1 is 1.21 bits per heavy atom. The van der Waals surface area contributed by atoms with E-state index in [-0.39, 0.29) is 0 Å². The maximum absolute atomic E-state index is 5.50. The molecule has 0 radical (unpaired) electrons. The van der Waals surface area contributed by atoms with Gasteiger partial charge in [-0.1, -0.05) is 19.1 Å². The van der Waals surface area contributed by atoms with Crippen molar-refractivity contribution in [3.05, 3.63) is 36.7 Å². The summed E-state index contributed by atoms with van der Waals surface area (Å²) in [7, 11) is 0. The van der Waals surface area contributed by atoms with E-state index >= 15 is 0 Å². The van der Waals surface area contributed by atoms with Crippen molar-refractivity contribution in [2.24, 2.45) is 0 Å². The van der Waals surface area contributed by atoms with Crippen LogP contribution in [0.1, 0.15) is 20.3 Å². The monoisotopic (exact) mass is 257 g/mol. The maximum atomic E-state index is 5.50. The van der Waals surface area contributed by atoms with Crippen molar-refractivity contribution in [1.82, 2.24) is 9.97 Å². The second-order valence-electron chi connectivity index (χ2n) is 4.18. The van der Waals surface area contributed by atoms with Crippen LogP contribution in [-0.2, 0) is 0 Å². The molecule has 0 bridgehead atoms. The Morgan fingerprint density at radius 3 is 2.89 bits per heavy atom. The van der Waals surface area contributed by atoms with Gasteiger partial charge in [0.2, 0.25) is 0 Å². The number of benzene rings is 1. The lowest BCUT2D eigenvalue weighted by molar-refractivity contribution is 0.340. The standard InChI is InChI=1S/C15H19N3O/c1-3-8-17-15-11-16-10-14(18-15)12-6-5-7-13(9-12)19-4-2/h5-7,9-11H,3-4,8H2,1-2H3,(H,17,18). The molecular weight excluding hydrogens is 238 g/mol. The van der Waals surface area contributed by atoms with Gasteiger partial charge in [0.1, 0.15) is 11.6 Å². The van der Waals surface area contributed by atoms with Crippen LogP contribution < -0.4 is 10.1 Å². The normalized spacial score (nSPS) is 10.2. The van der Waals surface area contributed by atoms with Gasteiger partial charge in [-0.3, -0.25) is 4.98 Å². The molecule has 0 amide bonds. The lowest BCUT2D eigenvalue weighted by atomic mass is 10.1. The molecule has 0 atom stereocenters. The van der Waals surface area contributed by atoms with Gasteiger partial charge >= 0.3 is 0 Å². The molecular formula is C15H19N3O. The number of nitrogens with zero attached hydrogens (tertiary/aromatic N) is 2. The first-order chi connectivity index (χ1) is 9.33. The molecule has 4 nitrogen and oxygen atoms in total. The molecule has 0 saturated carbocycles. The smallest absolute Gasteiger partial charge is 0.145 e. The van der Waals surface area contributed by atoms with Gasteiger partial charge in [-0.2, -0.15) is 0 Å². The molecule has 0 fully saturated rings. The molecule has 19 heavy (non-hydrogen) atoms. The topological polar surface area (TPSA) is 47.0 Å². The molecule has 1 aromatic heterocycles. The van der Waals surface area contributed by atoms with E-state index in [2.05, 4.69) is 22.2 Å². The van der Waals surface area contributed by atoms with Crippen molar-refractivity contribution in [2.75, 3.05) is 18.5 Å². The first kappa shape index (κ1) is 13.3. The number of anilines is 1. The summed E-state index contributed by atoms with van der Waals surface area (Å²) in [6.45, 7) is 5.65. The maximum Gasteiger partial charge on any atom is 0.145 e. The van der Waals surface area contributed by atoms with Crippen molar-refractivity contribution in [3.63, 3.8) is 0 Å². The van der Waals surface area contributed by atoms with Crippen molar-refractivity contribution in [1.29, 1.82) is 0 Å². The summed E-state index contributed by atoms with van der Waals surface area (Å²) in [5, 5.41) is 3.24. The predicted molar refractivity (Wildman–Crippen MR) is 77.4 cm³/mol. The minimum absolute atomic E-state index is 0.660. The zero-order valence-electron chi connectivity index (χ0n) is 11.4. The molecule has 0 aliphatic carbocycles. The van der Waals surface area contributed by atoms with Gasteiger partial charge in [-0.15, -0.1) is 0 Å². The van der Waals surface area contributed by atoms with Crippen LogP contribution >= 0.6 is 0 Å². The highest BCUT2D eigenvalue weighted by molar-refractivity contribution is 5.61. The molecule has 100 valence electrons. The van der Waals surface area contributed by atoms with Gasteiger partial charge in [0.25, 0.3) is 0 Å². The van der Waals surface area contributed by atoms with E-state index in [4.69, 9.17) is 4.74 Å². The van der Waals surface area contributed by atoms with Crippen LogP contribution in [0.15, 0.2) is 36.7 Å². The highest BCUT2D eigenvalue weighted by Gasteiger charge is 2.03. The molecule has 0 unspecified atom stereocenters. The first-order valence-electron chi connectivity index (χ1n) is 6.62. The zero-order valence-corrected chi connectivity index (χ0v) is 11.4. The summed E-state index contributed by atoms with van der Waals surface area (Å²) >= 11 is 0. The Kier molecular flexibility index (Phi) is 4.72. The van der Waals surface area contributed by atoms with E-state index in [0.29, 0.717) is 6.61 Å². The number of rotatable bonds is 6. The van der Waals surface area contributed by atoms with Crippen molar-refractivity contribution >= 4 is 5.82 Å². The van der Waals surface area contributed by atoms with Gasteiger partial charge in [-0.05, 0) is 25.5 Å². The zero-order chi connectivity index (χ0) is 13.5. The fraction of sp³-hybridized carbons (Fsp3) is 0.333. The van der Waals surface area contributed by atoms with Gasteiger partial charge in [0.15, 0.2) is 0 Å². The van der Waals surface area contributed by atoms with Crippen molar-refractivity contribution in [2.45, 2.75) is 20.3 Å². The quantitative estimate of drug-likeness (QED) is 0.862. The largest absolute Gasteiger partial charge is 0.494 e. The summed E-state index contributed by atoms with van der Waals surface area (Å²) in [5.41, 5.74) is 1.86. The van der Waals surface area contributed by atoms with E-state index < -0.39 is 0 Å². The number of hydrogen-bond acceptors (Lipinski definition) is 4. The van der Waals surface area contributed by atoms with E-state index in [1.165, 1.54) is 0 Å². The van der Waals surface area contributed by atoms with Gasteiger partial charge in [-0.25, -0.2) is 4.98 Å². The van der Waals surface area contributed by atoms with Crippen molar-refractivity contribution < 1.29 is 4.74 Å². The second-order valence-corrected chi connectivity index (χ2v) is 4.18. The summed E-state index contributed by atoms with van der Waals surface area (Å²) in [5.74, 6) is 1.66.